The van der Waals surface area contributed by atoms with Crippen LogP contribution >= 0.6 is 23.2 Å². The van der Waals surface area contributed by atoms with Gasteiger partial charge in [0.05, 0.1) is 4.90 Å². The molecule has 13 heteroatoms. The van der Waals surface area contributed by atoms with Crippen molar-refractivity contribution in [2.24, 2.45) is 0 Å². The molecule has 10 nitrogen and oxygen atoms in total. The molecular weight excluding hydrogens is 563 g/mol. The Hall–Kier alpha value is -3.41. The van der Waals surface area contributed by atoms with Crippen molar-refractivity contribution in [3.05, 3.63) is 70.3 Å². The highest BCUT2D eigenvalue weighted by molar-refractivity contribution is 7.92. The van der Waals surface area contributed by atoms with Gasteiger partial charge in [-0.25, -0.2) is 8.42 Å². The quantitative estimate of drug-likeness (QED) is 0.458. The maximum absolute atomic E-state index is 13.4. The summed E-state index contributed by atoms with van der Waals surface area (Å²) in [6.07, 6.45) is 1.84. The van der Waals surface area contributed by atoms with E-state index in [-0.39, 0.29) is 37.1 Å². The van der Waals surface area contributed by atoms with Crippen molar-refractivity contribution in [2.75, 3.05) is 40.7 Å². The molecule has 2 aliphatic heterocycles. The number of hydrogen-bond acceptors (Lipinski definition) is 7. The van der Waals surface area contributed by atoms with Gasteiger partial charge in [0.25, 0.3) is 10.0 Å². The number of sulfonamides is 1. The van der Waals surface area contributed by atoms with Crippen LogP contribution in [-0.2, 0) is 26.0 Å². The molecule has 2 aromatic carbocycles. The van der Waals surface area contributed by atoms with Gasteiger partial charge in [-0.3, -0.25) is 14.3 Å². The number of halogens is 2. The van der Waals surface area contributed by atoms with Crippen molar-refractivity contribution in [2.45, 2.75) is 30.7 Å². The van der Waals surface area contributed by atoms with Crippen LogP contribution in [-0.4, -0.2) is 67.6 Å². The van der Waals surface area contributed by atoms with Gasteiger partial charge >= 0.3 is 0 Å². The van der Waals surface area contributed by atoms with Crippen LogP contribution < -0.4 is 14.5 Å². The molecule has 1 aromatic heterocycles. The minimum absolute atomic E-state index is 0. The highest BCUT2D eigenvalue weighted by atomic mass is 35.5. The van der Waals surface area contributed by atoms with Crippen LogP contribution in [0.25, 0.3) is 0 Å². The number of fused-ring (bicyclic) bond motifs is 1. The summed E-state index contributed by atoms with van der Waals surface area (Å²) in [5, 5.41) is 8.14. The molecule has 2 amide bonds. The molecule has 0 radical (unpaired) electrons. The van der Waals surface area contributed by atoms with Crippen LogP contribution in [0.2, 0.25) is 10.2 Å². The van der Waals surface area contributed by atoms with E-state index >= 15 is 0 Å². The normalized spacial score (nSPS) is 16.6. The van der Waals surface area contributed by atoms with Crippen LogP contribution in [0.4, 0.5) is 17.2 Å². The van der Waals surface area contributed by atoms with Gasteiger partial charge < -0.3 is 14.7 Å². The molecule has 5 rings (SSSR count). The molecule has 3 aromatic rings. The number of carbonyl (C=O) groups is 2. The molecule has 1 N–H and O–H groups in total. The fraction of sp³-hybridized carbons (Fsp3) is 0.308. The Balaban J connectivity index is 0.00000231. The van der Waals surface area contributed by atoms with E-state index in [1.54, 1.807) is 21.9 Å². The third kappa shape index (κ3) is 5.80. The SMILES string of the molecule is C[C@@H](C(=O)N1CCN(c2ccc(S(=O)(=O)Nc3ccc(Cl)nn3)cc2)C(=O)C1)N1CCCc2cc(Cl)ccc21.[HH].[HH]. The lowest BCUT2D eigenvalue weighted by Crippen LogP contribution is -2.57. The first-order chi connectivity index (χ1) is 18.6. The number of nitrogens with one attached hydrogen (secondary N) is 1. The molecule has 0 saturated carbocycles. The summed E-state index contributed by atoms with van der Waals surface area (Å²) < 4.78 is 27.7. The third-order valence-electron chi connectivity index (χ3n) is 6.88. The standard InChI is InChI=1S/C26H26Cl2N6O4S.2H2/c1-17(33-12-2-3-18-15-19(27)4-9-22(18)33)26(36)32-13-14-34(25(35)16-32)20-5-7-21(8-6-20)39(37,38)31-24-11-10-23(28)29-30-24;;/h4-11,15,17H,2-3,12-14,16H2,1H3,(H,30,31);2*1H/t17-;;/m0../s1. The summed E-state index contributed by atoms with van der Waals surface area (Å²) in [5.41, 5.74) is 2.67. The lowest BCUT2D eigenvalue weighted by molar-refractivity contribution is -0.137. The fourth-order valence-electron chi connectivity index (χ4n) is 4.90. The Morgan fingerprint density at radius 3 is 2.49 bits per heavy atom. The van der Waals surface area contributed by atoms with Crippen LogP contribution in [0.1, 0.15) is 21.8 Å². The first kappa shape index (κ1) is 27.2. The number of rotatable bonds is 6. The van der Waals surface area contributed by atoms with Gasteiger partial charge in [0.15, 0.2) is 11.0 Å². The number of aryl methyl sites for hydroxylation is 1. The molecule has 2 aliphatic rings. The van der Waals surface area contributed by atoms with Gasteiger partial charge in [-0.2, -0.15) is 0 Å². The second-order valence-corrected chi connectivity index (χ2v) is 11.9. The van der Waals surface area contributed by atoms with Crippen molar-refractivity contribution in [3.8, 4) is 0 Å². The van der Waals surface area contributed by atoms with Gasteiger partial charge in [0.2, 0.25) is 11.8 Å². The summed E-state index contributed by atoms with van der Waals surface area (Å²) in [7, 11) is -3.92. The average Bonchev–Trinajstić information content (AvgIpc) is 2.93. The second kappa shape index (κ2) is 11.0. The summed E-state index contributed by atoms with van der Waals surface area (Å²) in [6.45, 7) is 3.23. The van der Waals surface area contributed by atoms with E-state index in [0.29, 0.717) is 23.8 Å². The summed E-state index contributed by atoms with van der Waals surface area (Å²) >= 11 is 11.9. The Morgan fingerprint density at radius 2 is 1.79 bits per heavy atom. The molecule has 3 heterocycles. The summed E-state index contributed by atoms with van der Waals surface area (Å²) in [5.74, 6) is -0.313. The van der Waals surface area contributed by atoms with Crippen molar-refractivity contribution < 1.29 is 20.9 Å². The average molecular weight is 594 g/mol. The number of hydrogen-bond donors (Lipinski definition) is 1. The number of nitrogens with zero attached hydrogens (tertiary/aromatic N) is 5. The van der Waals surface area contributed by atoms with Crippen molar-refractivity contribution in [1.29, 1.82) is 0 Å². The number of carbonyl (C=O) groups excluding carboxylic acids is 2. The number of aromatic nitrogens is 2. The largest absolute Gasteiger partial charge is 0.360 e. The molecular formula is C26H30Cl2N6O4S. The maximum atomic E-state index is 13.4. The first-order valence-electron chi connectivity index (χ1n) is 12.4. The molecule has 1 atom stereocenters. The molecule has 1 fully saturated rings. The van der Waals surface area contributed by atoms with Gasteiger partial charge in [-0.1, -0.05) is 23.2 Å². The van der Waals surface area contributed by atoms with Crippen molar-refractivity contribution in [1.82, 2.24) is 15.1 Å². The topological polar surface area (TPSA) is 116 Å². The molecule has 0 spiro atoms. The third-order valence-corrected chi connectivity index (χ3v) is 8.69. The second-order valence-electron chi connectivity index (χ2n) is 9.39. The molecule has 0 aliphatic carbocycles. The Kier molecular flexibility index (Phi) is 7.66. The fourth-order valence-corrected chi connectivity index (χ4v) is 6.19. The van der Waals surface area contributed by atoms with E-state index in [0.717, 1.165) is 30.6 Å². The highest BCUT2D eigenvalue weighted by Crippen LogP contribution is 2.31. The molecule has 1 saturated heterocycles. The zero-order valence-corrected chi connectivity index (χ0v) is 23.4. The number of benzene rings is 2. The van der Waals surface area contributed by atoms with Crippen molar-refractivity contribution >= 4 is 62.2 Å². The van der Waals surface area contributed by atoms with E-state index in [1.807, 2.05) is 25.1 Å². The molecule has 39 heavy (non-hydrogen) atoms. The highest BCUT2D eigenvalue weighted by Gasteiger charge is 2.34. The number of anilines is 3. The van der Waals surface area contributed by atoms with Crippen molar-refractivity contribution in [3.63, 3.8) is 0 Å². The monoisotopic (exact) mass is 592 g/mol. The van der Waals surface area contributed by atoms with E-state index in [4.69, 9.17) is 23.2 Å². The lowest BCUT2D eigenvalue weighted by atomic mass is 10.00. The first-order valence-corrected chi connectivity index (χ1v) is 14.6. The minimum atomic E-state index is -3.92. The predicted molar refractivity (Wildman–Crippen MR) is 154 cm³/mol. The number of piperazine rings is 1. The van der Waals surface area contributed by atoms with Gasteiger partial charge in [-0.05, 0) is 79.9 Å². The van der Waals surface area contributed by atoms with E-state index in [2.05, 4.69) is 19.8 Å². The minimum Gasteiger partial charge on any atom is -0.360 e. The van der Waals surface area contributed by atoms with E-state index in [1.165, 1.54) is 24.3 Å². The van der Waals surface area contributed by atoms with Gasteiger partial charge in [0, 0.05) is 38.9 Å². The van der Waals surface area contributed by atoms with Gasteiger partial charge in [0.1, 0.15) is 12.6 Å². The smallest absolute Gasteiger partial charge is 0.263 e. The zero-order valence-electron chi connectivity index (χ0n) is 21.0. The van der Waals surface area contributed by atoms with Crippen LogP contribution in [0.3, 0.4) is 0 Å². The Labute approximate surface area is 239 Å². The van der Waals surface area contributed by atoms with E-state index in [9.17, 15) is 18.0 Å². The van der Waals surface area contributed by atoms with Crippen LogP contribution in [0.15, 0.2) is 59.5 Å². The van der Waals surface area contributed by atoms with E-state index < -0.39 is 16.1 Å². The van der Waals surface area contributed by atoms with Gasteiger partial charge in [-0.15, -0.1) is 10.2 Å². The summed E-state index contributed by atoms with van der Waals surface area (Å²) in [6, 6.07) is 14.1. The van der Waals surface area contributed by atoms with Crippen LogP contribution in [0, 0.1) is 0 Å². The maximum Gasteiger partial charge on any atom is 0.263 e. The lowest BCUT2D eigenvalue weighted by Gasteiger charge is -2.40. The molecule has 0 unspecified atom stereocenters. The van der Waals surface area contributed by atoms with Crippen LogP contribution in [0.5, 0.6) is 0 Å². The Bertz CT molecular complexity index is 1510. The summed E-state index contributed by atoms with van der Waals surface area (Å²) in [4.78, 5) is 31.7. The predicted octanol–water partition coefficient (Wildman–Crippen LogP) is 4.09. The number of amides is 2. The molecule has 0 bridgehead atoms. The Morgan fingerprint density at radius 1 is 1.03 bits per heavy atom. The zero-order chi connectivity index (χ0) is 27.7. The molecule has 208 valence electrons.